The number of ether oxygens (including phenoxy) is 1. The van der Waals surface area contributed by atoms with Crippen molar-refractivity contribution in [2.45, 2.75) is 6.61 Å². The van der Waals surface area contributed by atoms with Gasteiger partial charge in [0.2, 0.25) is 11.8 Å². The Morgan fingerprint density at radius 3 is 3.13 bits per heavy atom. The number of hydrogen-bond acceptors (Lipinski definition) is 5. The van der Waals surface area contributed by atoms with Crippen molar-refractivity contribution in [1.29, 1.82) is 0 Å². The molecule has 0 aliphatic heterocycles. The van der Waals surface area contributed by atoms with Gasteiger partial charge in [0.1, 0.15) is 6.61 Å². The molecular weight excluding hydrogens is 210 g/mol. The lowest BCUT2D eigenvalue weighted by Gasteiger charge is -2.04. The van der Waals surface area contributed by atoms with Gasteiger partial charge in [0, 0.05) is 24.2 Å². The van der Waals surface area contributed by atoms with E-state index >= 15 is 0 Å². The van der Waals surface area contributed by atoms with E-state index in [-0.39, 0.29) is 0 Å². The first-order valence-electron chi connectivity index (χ1n) is 4.54. The van der Waals surface area contributed by atoms with Crippen LogP contribution in [0.25, 0.3) is 0 Å². The van der Waals surface area contributed by atoms with E-state index in [0.29, 0.717) is 18.4 Å². The van der Waals surface area contributed by atoms with Crippen molar-refractivity contribution in [3.63, 3.8) is 0 Å². The van der Waals surface area contributed by atoms with Gasteiger partial charge in [-0.25, -0.2) is 4.98 Å². The quantitative estimate of drug-likeness (QED) is 0.859. The Morgan fingerprint density at radius 1 is 1.47 bits per heavy atom. The molecule has 2 rings (SSSR count). The number of rotatable bonds is 4. The van der Waals surface area contributed by atoms with Gasteiger partial charge >= 0.3 is 0 Å². The lowest BCUT2D eigenvalue weighted by Crippen LogP contribution is -1.99. The molecule has 78 valence electrons. The fourth-order valence-corrected chi connectivity index (χ4v) is 1.70. The Balaban J connectivity index is 1.98. The van der Waals surface area contributed by atoms with Crippen LogP contribution >= 0.6 is 11.3 Å². The molecule has 15 heavy (non-hydrogen) atoms. The molecule has 0 amide bonds. The molecule has 0 saturated heterocycles. The zero-order valence-electron chi connectivity index (χ0n) is 8.30. The third-order valence-electron chi connectivity index (χ3n) is 1.80. The summed E-state index contributed by atoms with van der Waals surface area (Å²) in [4.78, 5) is 9.33. The van der Waals surface area contributed by atoms with E-state index in [2.05, 4.69) is 15.3 Å². The van der Waals surface area contributed by atoms with Crippen molar-refractivity contribution >= 4 is 17.3 Å². The molecule has 4 nitrogen and oxygen atoms in total. The van der Waals surface area contributed by atoms with Crippen LogP contribution in [0.1, 0.15) is 4.88 Å². The molecule has 0 bridgehead atoms. The van der Waals surface area contributed by atoms with Crippen LogP contribution in [0.15, 0.2) is 29.8 Å². The summed E-state index contributed by atoms with van der Waals surface area (Å²) < 4.78 is 5.51. The summed E-state index contributed by atoms with van der Waals surface area (Å²) in [6, 6.07) is 5.78. The van der Waals surface area contributed by atoms with E-state index in [1.165, 1.54) is 4.88 Å². The van der Waals surface area contributed by atoms with Crippen molar-refractivity contribution in [1.82, 2.24) is 9.97 Å². The molecule has 0 saturated carbocycles. The topological polar surface area (TPSA) is 47.0 Å². The van der Waals surface area contributed by atoms with E-state index in [1.54, 1.807) is 30.6 Å². The van der Waals surface area contributed by atoms with Crippen LogP contribution in [0.2, 0.25) is 0 Å². The van der Waals surface area contributed by atoms with Crippen LogP contribution in [-0.2, 0) is 6.61 Å². The first kappa shape index (κ1) is 9.92. The van der Waals surface area contributed by atoms with Crippen LogP contribution in [0, 0.1) is 0 Å². The van der Waals surface area contributed by atoms with Crippen molar-refractivity contribution in [2.75, 3.05) is 12.4 Å². The van der Waals surface area contributed by atoms with Crippen molar-refractivity contribution in [2.24, 2.45) is 0 Å². The van der Waals surface area contributed by atoms with Gasteiger partial charge < -0.3 is 10.1 Å². The highest BCUT2D eigenvalue weighted by atomic mass is 32.1. The number of nitrogens with zero attached hydrogens (tertiary/aromatic N) is 2. The second-order valence-electron chi connectivity index (χ2n) is 2.84. The average molecular weight is 221 g/mol. The predicted octanol–water partition coefficient (Wildman–Crippen LogP) is 2.16. The lowest BCUT2D eigenvalue weighted by molar-refractivity contribution is 0.297. The predicted molar refractivity (Wildman–Crippen MR) is 60.2 cm³/mol. The molecule has 5 heteroatoms. The Kier molecular flexibility index (Phi) is 3.14. The van der Waals surface area contributed by atoms with Gasteiger partial charge in [-0.05, 0) is 11.4 Å². The highest BCUT2D eigenvalue weighted by Gasteiger charge is 1.99. The van der Waals surface area contributed by atoms with E-state index in [4.69, 9.17) is 4.74 Å². The Hall–Kier alpha value is -1.62. The summed E-state index contributed by atoms with van der Waals surface area (Å²) in [6.07, 6.45) is 1.67. The zero-order chi connectivity index (χ0) is 10.5. The first-order chi connectivity index (χ1) is 7.38. The number of hydrogen-bond donors (Lipinski definition) is 1. The monoisotopic (exact) mass is 221 g/mol. The van der Waals surface area contributed by atoms with E-state index in [0.717, 1.165) is 0 Å². The summed E-state index contributed by atoms with van der Waals surface area (Å²) in [5, 5.41) is 4.89. The largest absolute Gasteiger partial charge is 0.472 e. The molecule has 2 heterocycles. The summed E-state index contributed by atoms with van der Waals surface area (Å²) >= 11 is 1.67. The summed E-state index contributed by atoms with van der Waals surface area (Å²) in [6.45, 7) is 0.553. The first-order valence-corrected chi connectivity index (χ1v) is 5.42. The van der Waals surface area contributed by atoms with Crippen LogP contribution in [0.5, 0.6) is 5.88 Å². The molecule has 0 radical (unpaired) electrons. The third kappa shape index (κ3) is 2.66. The minimum atomic E-state index is 0.553. The molecule has 1 N–H and O–H groups in total. The smallest absolute Gasteiger partial charge is 0.225 e. The van der Waals surface area contributed by atoms with Gasteiger partial charge in [0.05, 0.1) is 0 Å². The molecule has 0 aliphatic carbocycles. The lowest BCUT2D eigenvalue weighted by atomic mass is 10.5. The molecule has 0 atom stereocenters. The number of thiophene rings is 1. The van der Waals surface area contributed by atoms with Crippen molar-refractivity contribution in [3.05, 3.63) is 34.7 Å². The summed E-state index contributed by atoms with van der Waals surface area (Å²) in [5.41, 5.74) is 0. The Bertz CT molecular complexity index is 416. The summed E-state index contributed by atoms with van der Waals surface area (Å²) in [7, 11) is 1.78. The minimum Gasteiger partial charge on any atom is -0.472 e. The van der Waals surface area contributed by atoms with Crippen LogP contribution in [-0.4, -0.2) is 17.0 Å². The molecule has 0 spiro atoms. The van der Waals surface area contributed by atoms with Gasteiger partial charge in [0.25, 0.3) is 0 Å². The van der Waals surface area contributed by atoms with Gasteiger partial charge in [-0.2, -0.15) is 4.98 Å². The minimum absolute atomic E-state index is 0.553. The highest BCUT2D eigenvalue weighted by molar-refractivity contribution is 7.09. The molecular formula is C10H11N3OS. The second kappa shape index (κ2) is 4.75. The molecule has 0 fully saturated rings. The maximum absolute atomic E-state index is 5.51. The SMILES string of the molecule is CNc1nccc(OCc2cccs2)n1. The van der Waals surface area contributed by atoms with Crippen molar-refractivity contribution < 1.29 is 4.74 Å². The van der Waals surface area contributed by atoms with Crippen LogP contribution < -0.4 is 10.1 Å². The van der Waals surface area contributed by atoms with Gasteiger partial charge in [-0.15, -0.1) is 11.3 Å². The molecule has 0 unspecified atom stereocenters. The normalized spacial score (nSPS) is 9.93. The van der Waals surface area contributed by atoms with Crippen LogP contribution in [0.4, 0.5) is 5.95 Å². The number of aromatic nitrogens is 2. The van der Waals surface area contributed by atoms with E-state index < -0.39 is 0 Å². The van der Waals surface area contributed by atoms with Gasteiger partial charge in [-0.1, -0.05) is 6.07 Å². The maximum Gasteiger partial charge on any atom is 0.225 e. The fourth-order valence-electron chi connectivity index (χ4n) is 1.08. The molecule has 2 aromatic heterocycles. The highest BCUT2D eigenvalue weighted by Crippen LogP contribution is 2.13. The van der Waals surface area contributed by atoms with Crippen molar-refractivity contribution in [3.8, 4) is 5.88 Å². The zero-order valence-corrected chi connectivity index (χ0v) is 9.12. The standard InChI is InChI=1S/C10H11N3OS/c1-11-10-12-5-4-9(13-10)14-7-8-3-2-6-15-8/h2-6H,7H2,1H3,(H,11,12,13). The van der Waals surface area contributed by atoms with Crippen LogP contribution in [0.3, 0.4) is 0 Å². The second-order valence-corrected chi connectivity index (χ2v) is 3.87. The van der Waals surface area contributed by atoms with E-state index in [1.807, 2.05) is 17.5 Å². The number of anilines is 1. The Morgan fingerprint density at radius 2 is 2.40 bits per heavy atom. The van der Waals surface area contributed by atoms with Gasteiger partial charge in [0.15, 0.2) is 0 Å². The average Bonchev–Trinajstić information content (AvgIpc) is 2.79. The maximum atomic E-state index is 5.51. The molecule has 2 aromatic rings. The molecule has 0 aliphatic rings. The Labute approximate surface area is 92.0 Å². The number of nitrogens with one attached hydrogen (secondary N) is 1. The summed E-state index contributed by atoms with van der Waals surface area (Å²) in [5.74, 6) is 1.15. The third-order valence-corrected chi connectivity index (χ3v) is 2.65. The fraction of sp³-hybridized carbons (Fsp3) is 0.200. The molecule has 0 aromatic carbocycles. The van der Waals surface area contributed by atoms with Gasteiger partial charge in [-0.3, -0.25) is 0 Å². The van der Waals surface area contributed by atoms with E-state index in [9.17, 15) is 0 Å².